The Labute approximate surface area is 126 Å². The van der Waals surface area contributed by atoms with E-state index in [9.17, 15) is 4.79 Å². The van der Waals surface area contributed by atoms with Gasteiger partial charge in [-0.1, -0.05) is 30.3 Å². The van der Waals surface area contributed by atoms with E-state index in [-0.39, 0.29) is 11.9 Å². The third-order valence-electron chi connectivity index (χ3n) is 4.86. The number of carbonyl (C=O) groups is 1. The Morgan fingerprint density at radius 2 is 1.95 bits per heavy atom. The predicted molar refractivity (Wildman–Crippen MR) is 81.6 cm³/mol. The average molecular weight is 288 g/mol. The number of amides is 1. The first-order chi connectivity index (χ1) is 10.2. The van der Waals surface area contributed by atoms with Crippen LogP contribution in [0.1, 0.15) is 37.3 Å². The lowest BCUT2D eigenvalue weighted by molar-refractivity contribution is -0.136. The highest BCUT2D eigenvalue weighted by Gasteiger charge is 2.42. The minimum absolute atomic E-state index is 0.106. The van der Waals surface area contributed by atoms with Crippen LogP contribution >= 0.6 is 0 Å². The van der Waals surface area contributed by atoms with Gasteiger partial charge in [-0.05, 0) is 37.2 Å². The Kier molecular flexibility index (Phi) is 4.27. The molecular formula is C17H24N2O2. The summed E-state index contributed by atoms with van der Waals surface area (Å²) in [7, 11) is 0. The number of nitrogens with two attached hydrogens (primary N) is 1. The minimum Gasteiger partial charge on any atom is -0.381 e. The Balaban J connectivity index is 1.75. The van der Waals surface area contributed by atoms with Crippen LogP contribution in [0.15, 0.2) is 30.3 Å². The summed E-state index contributed by atoms with van der Waals surface area (Å²) in [4.78, 5) is 12.8. The summed E-state index contributed by atoms with van der Waals surface area (Å²) in [5.41, 5.74) is 6.69. The monoisotopic (exact) mass is 288 g/mol. The molecule has 21 heavy (non-hydrogen) atoms. The zero-order valence-electron chi connectivity index (χ0n) is 12.4. The average Bonchev–Trinajstić information content (AvgIpc) is 3.38. The molecule has 114 valence electrons. The molecule has 2 aliphatic rings. The Morgan fingerprint density at radius 3 is 2.52 bits per heavy atom. The molecule has 1 aliphatic heterocycles. The van der Waals surface area contributed by atoms with Gasteiger partial charge in [0.05, 0.1) is 11.5 Å². The maximum atomic E-state index is 12.8. The van der Waals surface area contributed by atoms with E-state index in [1.54, 1.807) is 0 Å². The Morgan fingerprint density at radius 1 is 1.29 bits per heavy atom. The minimum atomic E-state index is -0.444. The predicted octanol–water partition coefficient (Wildman–Crippen LogP) is 2.01. The van der Waals surface area contributed by atoms with Gasteiger partial charge in [-0.3, -0.25) is 4.79 Å². The van der Waals surface area contributed by atoms with Gasteiger partial charge in [-0.15, -0.1) is 0 Å². The van der Waals surface area contributed by atoms with Gasteiger partial charge >= 0.3 is 0 Å². The number of ether oxygens (including phenoxy) is 1. The summed E-state index contributed by atoms with van der Waals surface area (Å²) in [5.74, 6) is 0.681. The molecule has 1 amide bonds. The quantitative estimate of drug-likeness (QED) is 0.871. The van der Waals surface area contributed by atoms with E-state index >= 15 is 0 Å². The molecule has 0 radical (unpaired) electrons. The van der Waals surface area contributed by atoms with E-state index in [2.05, 4.69) is 17.4 Å². The molecule has 0 bridgehead atoms. The van der Waals surface area contributed by atoms with Crippen LogP contribution in [0.3, 0.4) is 0 Å². The van der Waals surface area contributed by atoms with Crippen molar-refractivity contribution < 1.29 is 9.53 Å². The standard InChI is InChI=1S/C17H24N2O2/c18-12-17(8-10-21-11-9-17)16(20)19-15(14-6-7-14)13-4-2-1-3-5-13/h1-5,14-15H,6-12,18H2,(H,19,20). The van der Waals surface area contributed by atoms with Crippen LogP contribution in [0.2, 0.25) is 0 Å². The number of rotatable bonds is 5. The molecule has 0 aromatic heterocycles. The van der Waals surface area contributed by atoms with Crippen molar-refractivity contribution in [3.05, 3.63) is 35.9 Å². The molecule has 1 aromatic rings. The molecule has 3 N–H and O–H groups in total. The lowest BCUT2D eigenvalue weighted by atomic mass is 9.79. The third kappa shape index (κ3) is 3.11. The molecule has 2 fully saturated rings. The van der Waals surface area contributed by atoms with Gasteiger partial charge in [0.1, 0.15) is 0 Å². The molecule has 1 heterocycles. The molecule has 4 nitrogen and oxygen atoms in total. The summed E-state index contributed by atoms with van der Waals surface area (Å²) >= 11 is 0. The second kappa shape index (κ2) is 6.16. The van der Waals surface area contributed by atoms with Gasteiger partial charge in [0.25, 0.3) is 0 Å². The number of carbonyl (C=O) groups excluding carboxylic acids is 1. The van der Waals surface area contributed by atoms with E-state index in [0.717, 1.165) is 12.8 Å². The highest BCUT2D eigenvalue weighted by atomic mass is 16.5. The fourth-order valence-electron chi connectivity index (χ4n) is 3.14. The highest BCUT2D eigenvalue weighted by Crippen LogP contribution is 2.42. The molecule has 1 saturated heterocycles. The molecule has 3 rings (SSSR count). The summed E-state index contributed by atoms with van der Waals surface area (Å²) in [6.07, 6.45) is 3.83. The van der Waals surface area contributed by atoms with Crippen molar-refractivity contribution in [2.75, 3.05) is 19.8 Å². The fourth-order valence-corrected chi connectivity index (χ4v) is 3.14. The summed E-state index contributed by atoms with van der Waals surface area (Å²) in [5, 5.41) is 3.28. The number of hydrogen-bond acceptors (Lipinski definition) is 3. The van der Waals surface area contributed by atoms with Crippen molar-refractivity contribution in [3.63, 3.8) is 0 Å². The third-order valence-corrected chi connectivity index (χ3v) is 4.86. The molecule has 4 heteroatoms. The van der Waals surface area contributed by atoms with Crippen LogP contribution in [-0.2, 0) is 9.53 Å². The molecule has 1 aliphatic carbocycles. The zero-order valence-corrected chi connectivity index (χ0v) is 12.4. The summed E-state index contributed by atoms with van der Waals surface area (Å²) in [6, 6.07) is 10.4. The number of benzene rings is 1. The van der Waals surface area contributed by atoms with Gasteiger partial charge in [0, 0.05) is 19.8 Å². The smallest absolute Gasteiger partial charge is 0.228 e. The van der Waals surface area contributed by atoms with Gasteiger partial charge in [-0.25, -0.2) is 0 Å². The summed E-state index contributed by atoms with van der Waals surface area (Å²) < 4.78 is 5.39. The molecule has 1 unspecified atom stereocenters. The number of hydrogen-bond donors (Lipinski definition) is 2. The van der Waals surface area contributed by atoms with Crippen LogP contribution in [0.4, 0.5) is 0 Å². The van der Waals surface area contributed by atoms with Crippen molar-refractivity contribution in [2.45, 2.75) is 31.7 Å². The lowest BCUT2D eigenvalue weighted by Crippen LogP contribution is -2.50. The van der Waals surface area contributed by atoms with E-state index in [4.69, 9.17) is 10.5 Å². The van der Waals surface area contributed by atoms with E-state index in [0.29, 0.717) is 25.7 Å². The van der Waals surface area contributed by atoms with Crippen molar-refractivity contribution >= 4 is 5.91 Å². The van der Waals surface area contributed by atoms with Crippen molar-refractivity contribution in [1.82, 2.24) is 5.32 Å². The van der Waals surface area contributed by atoms with Crippen molar-refractivity contribution in [3.8, 4) is 0 Å². The second-order valence-electron chi connectivity index (χ2n) is 6.30. The van der Waals surface area contributed by atoms with Crippen LogP contribution < -0.4 is 11.1 Å². The topological polar surface area (TPSA) is 64.4 Å². The zero-order chi connectivity index (χ0) is 14.7. The van der Waals surface area contributed by atoms with Crippen LogP contribution in [-0.4, -0.2) is 25.7 Å². The molecule has 1 aromatic carbocycles. The van der Waals surface area contributed by atoms with Crippen LogP contribution in [0.5, 0.6) is 0 Å². The van der Waals surface area contributed by atoms with Gasteiger partial charge in [-0.2, -0.15) is 0 Å². The Bertz CT molecular complexity index is 479. The Hall–Kier alpha value is -1.39. The second-order valence-corrected chi connectivity index (χ2v) is 6.30. The van der Waals surface area contributed by atoms with Crippen molar-refractivity contribution in [1.29, 1.82) is 0 Å². The van der Waals surface area contributed by atoms with E-state index in [1.165, 1.54) is 18.4 Å². The maximum absolute atomic E-state index is 12.8. The number of nitrogens with one attached hydrogen (secondary N) is 1. The SMILES string of the molecule is NCC1(C(=O)NC(c2ccccc2)C2CC2)CCOCC1. The van der Waals surface area contributed by atoms with Gasteiger partial charge in [0.15, 0.2) is 0 Å². The summed E-state index contributed by atoms with van der Waals surface area (Å²) in [6.45, 7) is 1.66. The molecule has 1 saturated carbocycles. The van der Waals surface area contributed by atoms with Crippen LogP contribution in [0, 0.1) is 11.3 Å². The first-order valence-corrected chi connectivity index (χ1v) is 7.89. The van der Waals surface area contributed by atoms with Gasteiger partial charge in [0.2, 0.25) is 5.91 Å². The normalized spacial score (nSPS) is 22.5. The maximum Gasteiger partial charge on any atom is 0.228 e. The molecule has 0 spiro atoms. The van der Waals surface area contributed by atoms with Crippen molar-refractivity contribution in [2.24, 2.45) is 17.1 Å². The van der Waals surface area contributed by atoms with Crippen LogP contribution in [0.25, 0.3) is 0 Å². The fraction of sp³-hybridized carbons (Fsp3) is 0.588. The highest BCUT2D eigenvalue weighted by molar-refractivity contribution is 5.83. The first kappa shape index (κ1) is 14.5. The molecular weight excluding hydrogens is 264 g/mol. The van der Waals surface area contributed by atoms with Gasteiger partial charge < -0.3 is 15.8 Å². The lowest BCUT2D eigenvalue weighted by Gasteiger charge is -2.36. The largest absolute Gasteiger partial charge is 0.381 e. The van der Waals surface area contributed by atoms with E-state index in [1.807, 2.05) is 18.2 Å². The molecule has 1 atom stereocenters. The van der Waals surface area contributed by atoms with E-state index < -0.39 is 5.41 Å². The first-order valence-electron chi connectivity index (χ1n) is 7.89.